The minimum Gasteiger partial charge on any atom is -0.379 e. The molecule has 3 heteroatoms. The van der Waals surface area contributed by atoms with Gasteiger partial charge >= 0.3 is 0 Å². The molecule has 1 aliphatic rings. The zero-order valence-electron chi connectivity index (χ0n) is 12.8. The van der Waals surface area contributed by atoms with Crippen LogP contribution < -0.4 is 5.32 Å². The molecule has 0 aromatic carbocycles. The summed E-state index contributed by atoms with van der Waals surface area (Å²) in [6.45, 7) is 11.4. The lowest BCUT2D eigenvalue weighted by molar-refractivity contribution is 0.00656. The zero-order valence-corrected chi connectivity index (χ0v) is 12.8. The average Bonchev–Trinajstić information content (AvgIpc) is 2.38. The van der Waals surface area contributed by atoms with Crippen LogP contribution in [-0.2, 0) is 4.74 Å². The molecule has 0 bridgehead atoms. The smallest absolute Gasteiger partial charge is 0.0634 e. The summed E-state index contributed by atoms with van der Waals surface area (Å²) < 4.78 is 5.51. The molecular weight excluding hydrogens is 224 g/mol. The number of hydrogen-bond donors (Lipinski definition) is 1. The third-order valence-corrected chi connectivity index (χ3v) is 4.01. The first-order valence-electron chi connectivity index (χ1n) is 7.58. The van der Waals surface area contributed by atoms with Crippen molar-refractivity contribution in [2.75, 3.05) is 33.3 Å². The van der Waals surface area contributed by atoms with Gasteiger partial charge in [0.05, 0.1) is 5.60 Å². The summed E-state index contributed by atoms with van der Waals surface area (Å²) in [5, 5.41) is 3.65. The van der Waals surface area contributed by atoms with Gasteiger partial charge in [0, 0.05) is 26.2 Å². The molecule has 1 rings (SSSR count). The molecule has 0 saturated carbocycles. The predicted octanol–water partition coefficient (Wildman–Crippen LogP) is 2.66. The Hall–Kier alpha value is -0.120. The van der Waals surface area contributed by atoms with E-state index in [4.69, 9.17) is 4.74 Å². The van der Waals surface area contributed by atoms with Crippen molar-refractivity contribution in [3.8, 4) is 0 Å². The summed E-state index contributed by atoms with van der Waals surface area (Å²) in [6, 6.07) is 0.705. The maximum absolute atomic E-state index is 5.51. The third kappa shape index (κ3) is 6.17. The van der Waals surface area contributed by atoms with Gasteiger partial charge in [0.2, 0.25) is 0 Å². The second kappa shape index (κ2) is 8.13. The van der Waals surface area contributed by atoms with E-state index in [0.717, 1.165) is 13.0 Å². The number of nitrogens with zero attached hydrogens (tertiary/aromatic N) is 1. The summed E-state index contributed by atoms with van der Waals surface area (Å²) >= 11 is 0. The molecule has 1 unspecified atom stereocenters. The Morgan fingerprint density at radius 2 is 2.06 bits per heavy atom. The van der Waals surface area contributed by atoms with E-state index in [1.807, 2.05) is 7.11 Å². The number of nitrogens with one attached hydrogen (secondary N) is 1. The minimum atomic E-state index is 0.00594. The molecule has 1 saturated heterocycles. The van der Waals surface area contributed by atoms with Crippen LogP contribution in [0.3, 0.4) is 0 Å². The van der Waals surface area contributed by atoms with Crippen molar-refractivity contribution >= 4 is 0 Å². The molecule has 108 valence electrons. The second-order valence-electron chi connectivity index (χ2n) is 6.16. The molecule has 0 radical (unpaired) electrons. The molecule has 1 aliphatic heterocycles. The van der Waals surface area contributed by atoms with Crippen molar-refractivity contribution < 1.29 is 4.74 Å². The minimum absolute atomic E-state index is 0.00594. The van der Waals surface area contributed by atoms with Crippen molar-refractivity contribution in [3.63, 3.8) is 0 Å². The highest BCUT2D eigenvalue weighted by Crippen LogP contribution is 2.15. The first-order chi connectivity index (χ1) is 8.57. The van der Waals surface area contributed by atoms with Crippen LogP contribution in [0.5, 0.6) is 0 Å². The number of rotatable bonds is 8. The molecular formula is C15H32N2O. The normalized spacial score (nSPS) is 21.5. The van der Waals surface area contributed by atoms with Crippen molar-refractivity contribution in [1.82, 2.24) is 10.2 Å². The fourth-order valence-electron chi connectivity index (χ4n) is 2.53. The van der Waals surface area contributed by atoms with Crippen LogP contribution in [-0.4, -0.2) is 49.8 Å². The van der Waals surface area contributed by atoms with Crippen molar-refractivity contribution in [1.29, 1.82) is 0 Å². The van der Waals surface area contributed by atoms with Crippen molar-refractivity contribution in [3.05, 3.63) is 0 Å². The van der Waals surface area contributed by atoms with Crippen LogP contribution in [0.15, 0.2) is 0 Å². The highest BCUT2D eigenvalue weighted by molar-refractivity contribution is 4.78. The van der Waals surface area contributed by atoms with Crippen LogP contribution >= 0.6 is 0 Å². The largest absolute Gasteiger partial charge is 0.379 e. The van der Waals surface area contributed by atoms with E-state index in [2.05, 4.69) is 31.0 Å². The fraction of sp³-hybridized carbons (Fsp3) is 1.00. The fourth-order valence-corrected chi connectivity index (χ4v) is 2.53. The summed E-state index contributed by atoms with van der Waals surface area (Å²) in [7, 11) is 1.81. The third-order valence-electron chi connectivity index (χ3n) is 4.01. The first-order valence-corrected chi connectivity index (χ1v) is 7.58. The first kappa shape index (κ1) is 15.9. The monoisotopic (exact) mass is 256 g/mol. The maximum Gasteiger partial charge on any atom is 0.0634 e. The number of piperidine rings is 1. The van der Waals surface area contributed by atoms with Crippen molar-refractivity contribution in [2.24, 2.45) is 0 Å². The molecule has 1 N–H and O–H groups in total. The van der Waals surface area contributed by atoms with Crippen LogP contribution in [0.4, 0.5) is 0 Å². The van der Waals surface area contributed by atoms with Crippen LogP contribution in [0.25, 0.3) is 0 Å². The van der Waals surface area contributed by atoms with E-state index in [1.54, 1.807) is 0 Å². The van der Waals surface area contributed by atoms with E-state index >= 15 is 0 Å². The standard InChI is InChI=1S/C15H32N2O/c1-5-11-17(12-9-15(2,3)18-4)13-14-8-6-7-10-16-14/h14,16H,5-13H2,1-4H3. The van der Waals surface area contributed by atoms with Gasteiger partial charge in [-0.3, -0.25) is 0 Å². The van der Waals surface area contributed by atoms with Gasteiger partial charge in [0.1, 0.15) is 0 Å². The highest BCUT2D eigenvalue weighted by Gasteiger charge is 2.20. The van der Waals surface area contributed by atoms with Gasteiger partial charge in [-0.2, -0.15) is 0 Å². The van der Waals surface area contributed by atoms with Gasteiger partial charge in [-0.15, -0.1) is 0 Å². The Kier molecular flexibility index (Phi) is 7.20. The Bertz CT molecular complexity index is 213. The lowest BCUT2D eigenvalue weighted by Crippen LogP contribution is -2.45. The Morgan fingerprint density at radius 1 is 1.28 bits per heavy atom. The lowest BCUT2D eigenvalue weighted by Gasteiger charge is -2.32. The summed E-state index contributed by atoms with van der Waals surface area (Å²) in [5.41, 5.74) is 0.00594. The Morgan fingerprint density at radius 3 is 2.61 bits per heavy atom. The maximum atomic E-state index is 5.51. The molecule has 0 amide bonds. The van der Waals surface area contributed by atoms with E-state index < -0.39 is 0 Å². The molecule has 1 fully saturated rings. The topological polar surface area (TPSA) is 24.5 Å². The highest BCUT2D eigenvalue weighted by atomic mass is 16.5. The van der Waals surface area contributed by atoms with E-state index in [9.17, 15) is 0 Å². The molecule has 1 atom stereocenters. The quantitative estimate of drug-likeness (QED) is 0.722. The summed E-state index contributed by atoms with van der Waals surface area (Å²) in [5.74, 6) is 0. The molecule has 0 aromatic rings. The van der Waals surface area contributed by atoms with Crippen molar-refractivity contribution in [2.45, 2.75) is 64.5 Å². The van der Waals surface area contributed by atoms with Gasteiger partial charge in [0.15, 0.2) is 0 Å². The number of hydrogen-bond acceptors (Lipinski definition) is 3. The zero-order chi connectivity index (χ0) is 13.4. The van der Waals surface area contributed by atoms with Gasteiger partial charge < -0.3 is 15.0 Å². The van der Waals surface area contributed by atoms with Crippen LogP contribution in [0.1, 0.15) is 52.9 Å². The van der Waals surface area contributed by atoms with Crippen LogP contribution in [0, 0.1) is 0 Å². The van der Waals surface area contributed by atoms with Gasteiger partial charge in [0.25, 0.3) is 0 Å². The Balaban J connectivity index is 2.33. The molecule has 18 heavy (non-hydrogen) atoms. The Labute approximate surface area is 113 Å². The summed E-state index contributed by atoms with van der Waals surface area (Å²) in [4.78, 5) is 2.60. The SMILES string of the molecule is CCCN(CCC(C)(C)OC)CC1CCCCN1. The van der Waals surface area contributed by atoms with E-state index in [-0.39, 0.29) is 5.60 Å². The van der Waals surface area contributed by atoms with Gasteiger partial charge in [-0.1, -0.05) is 13.3 Å². The molecule has 1 heterocycles. The summed E-state index contributed by atoms with van der Waals surface area (Å²) in [6.07, 6.45) is 6.42. The number of ether oxygens (including phenoxy) is 1. The molecule has 0 spiro atoms. The average molecular weight is 256 g/mol. The molecule has 0 aromatic heterocycles. The lowest BCUT2D eigenvalue weighted by atomic mass is 10.0. The van der Waals surface area contributed by atoms with Crippen LogP contribution in [0.2, 0.25) is 0 Å². The van der Waals surface area contributed by atoms with E-state index in [0.29, 0.717) is 6.04 Å². The molecule has 0 aliphatic carbocycles. The van der Waals surface area contributed by atoms with Gasteiger partial charge in [-0.05, 0) is 52.6 Å². The predicted molar refractivity (Wildman–Crippen MR) is 78.1 cm³/mol. The second-order valence-corrected chi connectivity index (χ2v) is 6.16. The molecule has 3 nitrogen and oxygen atoms in total. The number of methoxy groups -OCH3 is 1. The van der Waals surface area contributed by atoms with E-state index in [1.165, 1.54) is 45.3 Å². The van der Waals surface area contributed by atoms with Gasteiger partial charge in [-0.25, -0.2) is 0 Å².